The first-order valence-electron chi connectivity index (χ1n) is 7.01. The van der Waals surface area contributed by atoms with Crippen molar-refractivity contribution >= 4 is 48.9 Å². The van der Waals surface area contributed by atoms with Crippen LogP contribution >= 0.6 is 27.3 Å². The van der Waals surface area contributed by atoms with Gasteiger partial charge in [0.15, 0.2) is 0 Å². The average Bonchev–Trinajstić information content (AvgIpc) is 2.82. The van der Waals surface area contributed by atoms with E-state index in [1.165, 1.54) is 11.3 Å². The van der Waals surface area contributed by atoms with Crippen LogP contribution < -0.4 is 5.73 Å². The first-order chi connectivity index (χ1) is 10.1. The molecule has 1 atom stereocenters. The molecule has 3 rings (SSSR count). The molecule has 1 saturated heterocycles. The Labute approximate surface area is 135 Å². The van der Waals surface area contributed by atoms with Crippen molar-refractivity contribution in [2.24, 2.45) is 0 Å². The van der Waals surface area contributed by atoms with Crippen LogP contribution in [0.3, 0.4) is 0 Å². The van der Waals surface area contributed by atoms with Gasteiger partial charge < -0.3 is 15.7 Å². The summed E-state index contributed by atoms with van der Waals surface area (Å²) >= 11 is 4.86. The smallest absolute Gasteiger partial charge is 0.266 e. The fraction of sp³-hybridized carbons (Fsp3) is 0.400. The van der Waals surface area contributed by atoms with E-state index in [0.717, 1.165) is 33.8 Å². The minimum absolute atomic E-state index is 0.0160. The molecule has 6 heteroatoms. The van der Waals surface area contributed by atoms with E-state index in [2.05, 4.69) is 15.9 Å². The fourth-order valence-electron chi connectivity index (χ4n) is 2.84. The van der Waals surface area contributed by atoms with E-state index < -0.39 is 0 Å². The zero-order valence-electron chi connectivity index (χ0n) is 11.5. The predicted molar refractivity (Wildman–Crippen MR) is 89.7 cm³/mol. The molecule has 1 aliphatic rings. The number of thiophene rings is 1. The number of fused-ring (bicyclic) bond motifs is 1. The second-order valence-corrected chi connectivity index (χ2v) is 7.28. The zero-order valence-corrected chi connectivity index (χ0v) is 13.9. The minimum atomic E-state index is -0.0809. The normalized spacial score (nSPS) is 19.1. The lowest BCUT2D eigenvalue weighted by Crippen LogP contribution is -2.45. The summed E-state index contributed by atoms with van der Waals surface area (Å²) in [6.45, 7) is 0.712. The number of nitrogen functional groups attached to an aromatic ring is 1. The van der Waals surface area contributed by atoms with Gasteiger partial charge >= 0.3 is 0 Å². The standard InChI is InChI=1S/C15H17BrN2O2S/c16-9-4-5-11-12(7-9)21-14(13(11)17)15(20)18-6-2-1-3-10(18)8-19/h4-5,7,10,19H,1-3,6,8,17H2. The quantitative estimate of drug-likeness (QED) is 0.854. The van der Waals surface area contributed by atoms with Gasteiger partial charge in [-0.1, -0.05) is 22.0 Å². The maximum absolute atomic E-state index is 12.8. The van der Waals surface area contributed by atoms with E-state index in [9.17, 15) is 9.90 Å². The molecule has 0 bridgehead atoms. The molecule has 112 valence electrons. The first kappa shape index (κ1) is 14.8. The van der Waals surface area contributed by atoms with E-state index in [4.69, 9.17) is 5.73 Å². The number of nitrogens with two attached hydrogens (primary N) is 1. The average molecular weight is 369 g/mol. The number of likely N-dealkylation sites (tertiary alicyclic amines) is 1. The molecule has 0 radical (unpaired) electrons. The van der Waals surface area contributed by atoms with Crippen molar-refractivity contribution in [2.75, 3.05) is 18.9 Å². The van der Waals surface area contributed by atoms with Crippen molar-refractivity contribution in [3.05, 3.63) is 27.5 Å². The number of carbonyl (C=O) groups is 1. The van der Waals surface area contributed by atoms with Crippen LogP contribution in [0.5, 0.6) is 0 Å². The summed E-state index contributed by atoms with van der Waals surface area (Å²) in [6.07, 6.45) is 2.90. The zero-order chi connectivity index (χ0) is 15.0. The van der Waals surface area contributed by atoms with Crippen LogP contribution in [-0.4, -0.2) is 35.1 Å². The van der Waals surface area contributed by atoms with Crippen LogP contribution in [0.25, 0.3) is 10.1 Å². The Morgan fingerprint density at radius 3 is 3.05 bits per heavy atom. The molecule has 0 aliphatic carbocycles. The summed E-state index contributed by atoms with van der Waals surface area (Å²) in [5, 5.41) is 10.4. The Morgan fingerprint density at radius 1 is 1.48 bits per heavy atom. The number of benzene rings is 1. The van der Waals surface area contributed by atoms with Crippen LogP contribution in [0, 0.1) is 0 Å². The number of aliphatic hydroxyl groups is 1. The fourth-order valence-corrected chi connectivity index (χ4v) is 4.47. The number of halogens is 1. The van der Waals surface area contributed by atoms with Crippen LogP contribution in [0.2, 0.25) is 0 Å². The Kier molecular flexibility index (Phi) is 4.19. The summed E-state index contributed by atoms with van der Waals surface area (Å²) in [4.78, 5) is 15.1. The molecule has 1 fully saturated rings. The van der Waals surface area contributed by atoms with Crippen LogP contribution in [0.4, 0.5) is 5.69 Å². The minimum Gasteiger partial charge on any atom is -0.397 e. The second-order valence-electron chi connectivity index (χ2n) is 5.32. The Hall–Kier alpha value is -1.11. The highest BCUT2D eigenvalue weighted by Crippen LogP contribution is 2.36. The van der Waals surface area contributed by atoms with Gasteiger partial charge in [0.25, 0.3) is 5.91 Å². The lowest BCUT2D eigenvalue weighted by Gasteiger charge is -2.34. The molecule has 21 heavy (non-hydrogen) atoms. The molecule has 1 unspecified atom stereocenters. The molecule has 1 aliphatic heterocycles. The van der Waals surface area contributed by atoms with Gasteiger partial charge in [-0.3, -0.25) is 4.79 Å². The monoisotopic (exact) mass is 368 g/mol. The summed E-state index contributed by atoms with van der Waals surface area (Å²) in [7, 11) is 0. The maximum atomic E-state index is 12.8. The van der Waals surface area contributed by atoms with Gasteiger partial charge in [-0.2, -0.15) is 0 Å². The molecule has 1 aromatic heterocycles. The summed E-state index contributed by atoms with van der Waals surface area (Å²) < 4.78 is 1.98. The number of piperidine rings is 1. The number of rotatable bonds is 2. The number of anilines is 1. The van der Waals surface area contributed by atoms with Gasteiger partial charge in [0.05, 0.1) is 18.3 Å². The van der Waals surface area contributed by atoms with Crippen molar-refractivity contribution in [3.63, 3.8) is 0 Å². The van der Waals surface area contributed by atoms with Crippen molar-refractivity contribution in [1.82, 2.24) is 4.90 Å². The molecule has 1 amide bonds. The van der Waals surface area contributed by atoms with E-state index >= 15 is 0 Å². The van der Waals surface area contributed by atoms with Crippen LogP contribution in [0.15, 0.2) is 22.7 Å². The molecule has 0 spiro atoms. The van der Waals surface area contributed by atoms with Gasteiger partial charge in [0.2, 0.25) is 0 Å². The van der Waals surface area contributed by atoms with E-state index in [1.54, 1.807) is 4.90 Å². The van der Waals surface area contributed by atoms with Crippen LogP contribution in [0.1, 0.15) is 28.9 Å². The lowest BCUT2D eigenvalue weighted by molar-refractivity contribution is 0.0509. The highest BCUT2D eigenvalue weighted by molar-refractivity contribution is 9.10. The van der Waals surface area contributed by atoms with E-state index in [-0.39, 0.29) is 18.6 Å². The summed E-state index contributed by atoms with van der Waals surface area (Å²) in [5.74, 6) is -0.0522. The van der Waals surface area contributed by atoms with Crippen molar-refractivity contribution < 1.29 is 9.90 Å². The molecule has 0 saturated carbocycles. The van der Waals surface area contributed by atoms with Gasteiger partial charge in [0.1, 0.15) is 4.88 Å². The third kappa shape index (κ3) is 2.67. The van der Waals surface area contributed by atoms with Crippen molar-refractivity contribution in [3.8, 4) is 0 Å². The van der Waals surface area contributed by atoms with Crippen molar-refractivity contribution in [1.29, 1.82) is 0 Å². The molecule has 1 aromatic carbocycles. The third-order valence-corrected chi connectivity index (χ3v) is 5.63. The molecule has 2 aromatic rings. The Balaban J connectivity index is 1.99. The lowest BCUT2D eigenvalue weighted by atomic mass is 10.0. The highest BCUT2D eigenvalue weighted by Gasteiger charge is 2.29. The first-order valence-corrected chi connectivity index (χ1v) is 8.62. The van der Waals surface area contributed by atoms with E-state index in [0.29, 0.717) is 17.1 Å². The SMILES string of the molecule is Nc1c(C(=O)N2CCCCC2CO)sc2cc(Br)ccc12. The van der Waals surface area contributed by atoms with Gasteiger partial charge in [-0.05, 0) is 31.4 Å². The highest BCUT2D eigenvalue weighted by atomic mass is 79.9. The van der Waals surface area contributed by atoms with Crippen LogP contribution in [-0.2, 0) is 0 Å². The molecule has 2 heterocycles. The van der Waals surface area contributed by atoms with Gasteiger partial charge in [0, 0.05) is 21.1 Å². The maximum Gasteiger partial charge on any atom is 0.266 e. The topological polar surface area (TPSA) is 66.6 Å². The molecule has 3 N–H and O–H groups in total. The predicted octanol–water partition coefficient (Wildman–Crippen LogP) is 3.23. The molecule has 4 nitrogen and oxygen atoms in total. The molecular formula is C15H17BrN2O2S. The number of hydrogen-bond acceptors (Lipinski definition) is 4. The Morgan fingerprint density at radius 2 is 2.29 bits per heavy atom. The Bertz CT molecular complexity index is 686. The van der Waals surface area contributed by atoms with E-state index in [1.807, 2.05) is 18.2 Å². The number of amides is 1. The molecular weight excluding hydrogens is 352 g/mol. The number of carbonyl (C=O) groups excluding carboxylic acids is 1. The summed E-state index contributed by atoms with van der Waals surface area (Å²) in [5.41, 5.74) is 6.72. The van der Waals surface area contributed by atoms with Gasteiger partial charge in [-0.25, -0.2) is 0 Å². The summed E-state index contributed by atoms with van der Waals surface area (Å²) in [6, 6.07) is 5.76. The van der Waals surface area contributed by atoms with Crippen molar-refractivity contribution in [2.45, 2.75) is 25.3 Å². The second kappa shape index (κ2) is 5.94. The number of hydrogen-bond donors (Lipinski definition) is 2. The number of aliphatic hydroxyl groups excluding tert-OH is 1. The third-order valence-electron chi connectivity index (χ3n) is 3.98. The van der Waals surface area contributed by atoms with Gasteiger partial charge in [-0.15, -0.1) is 11.3 Å². The number of nitrogens with zero attached hydrogens (tertiary/aromatic N) is 1. The largest absolute Gasteiger partial charge is 0.397 e.